The molecule has 0 heterocycles. The molecule has 0 saturated heterocycles. The van der Waals surface area contributed by atoms with Crippen LogP contribution in [0.5, 0.6) is 11.5 Å². The molecule has 2 aromatic rings. The lowest BCUT2D eigenvalue weighted by Gasteiger charge is -2.19. The second-order valence-electron chi connectivity index (χ2n) is 8.33. The summed E-state index contributed by atoms with van der Waals surface area (Å²) in [4.78, 5) is 24.9. The van der Waals surface area contributed by atoms with E-state index in [1.807, 2.05) is 12.1 Å². The molecule has 34 heavy (non-hydrogen) atoms. The summed E-state index contributed by atoms with van der Waals surface area (Å²) in [5.41, 5.74) is 1.40. The van der Waals surface area contributed by atoms with Crippen molar-refractivity contribution in [3.8, 4) is 11.5 Å². The quantitative estimate of drug-likeness (QED) is 0.272. The van der Waals surface area contributed by atoms with Gasteiger partial charge in [-0.05, 0) is 55.7 Å². The van der Waals surface area contributed by atoms with Crippen LogP contribution in [0.1, 0.15) is 43.4 Å². The molecule has 0 saturated carbocycles. The van der Waals surface area contributed by atoms with Crippen LogP contribution in [-0.4, -0.2) is 52.5 Å². The van der Waals surface area contributed by atoms with Crippen molar-refractivity contribution in [2.75, 3.05) is 34.9 Å². The SMILES string of the molecule is COCOc1cc(OCOC)cc(C(C(=O)OC)c2cccc(C=CC(=O)OC(C)(C)C)c2)c1. The Hall–Kier alpha value is -3.36. The van der Waals surface area contributed by atoms with Gasteiger partial charge in [0.25, 0.3) is 0 Å². The van der Waals surface area contributed by atoms with Gasteiger partial charge in [-0.25, -0.2) is 4.79 Å². The summed E-state index contributed by atoms with van der Waals surface area (Å²) in [6, 6.07) is 12.4. The maximum atomic E-state index is 12.9. The average molecular weight is 473 g/mol. The van der Waals surface area contributed by atoms with E-state index < -0.39 is 23.5 Å². The van der Waals surface area contributed by atoms with E-state index >= 15 is 0 Å². The zero-order chi connectivity index (χ0) is 25.1. The van der Waals surface area contributed by atoms with Gasteiger partial charge in [-0.2, -0.15) is 0 Å². The minimum Gasteiger partial charge on any atom is -0.468 e. The summed E-state index contributed by atoms with van der Waals surface area (Å²) < 4.78 is 31.5. The second-order valence-corrected chi connectivity index (χ2v) is 8.33. The number of methoxy groups -OCH3 is 3. The predicted molar refractivity (Wildman–Crippen MR) is 127 cm³/mol. The molecule has 2 aromatic carbocycles. The standard InChI is InChI=1S/C26H32O8/c1-26(2,3)34-23(27)11-10-18-8-7-9-19(12-18)24(25(28)31-6)20-13-21(32-16-29-4)15-22(14-20)33-17-30-5/h7-15,24H,16-17H2,1-6H3. The molecule has 0 aliphatic heterocycles. The molecule has 0 amide bonds. The molecular weight excluding hydrogens is 440 g/mol. The van der Waals surface area contributed by atoms with E-state index in [1.165, 1.54) is 27.4 Å². The Balaban J connectivity index is 2.44. The number of rotatable bonds is 11. The maximum Gasteiger partial charge on any atom is 0.331 e. The summed E-state index contributed by atoms with van der Waals surface area (Å²) in [5.74, 6) is -0.767. The molecule has 0 bridgehead atoms. The predicted octanol–water partition coefficient (Wildman–Crippen LogP) is 4.31. The highest BCUT2D eigenvalue weighted by Gasteiger charge is 2.25. The highest BCUT2D eigenvalue weighted by atomic mass is 16.7. The first-order valence-corrected chi connectivity index (χ1v) is 10.6. The van der Waals surface area contributed by atoms with Crippen molar-refractivity contribution in [3.63, 3.8) is 0 Å². The van der Waals surface area contributed by atoms with Crippen LogP contribution in [-0.2, 0) is 28.5 Å². The van der Waals surface area contributed by atoms with Gasteiger partial charge in [0.05, 0.1) is 7.11 Å². The lowest BCUT2D eigenvalue weighted by molar-refractivity contribution is -0.148. The van der Waals surface area contributed by atoms with E-state index in [0.717, 1.165) is 5.56 Å². The first-order valence-electron chi connectivity index (χ1n) is 10.6. The van der Waals surface area contributed by atoms with Crippen LogP contribution < -0.4 is 9.47 Å². The minimum absolute atomic E-state index is 0.0288. The molecule has 2 rings (SSSR count). The Bertz CT molecular complexity index is 964. The van der Waals surface area contributed by atoms with Crippen molar-refractivity contribution in [3.05, 3.63) is 65.2 Å². The Morgan fingerprint density at radius 3 is 2.03 bits per heavy atom. The molecule has 0 spiro atoms. The number of esters is 2. The molecule has 0 fully saturated rings. The van der Waals surface area contributed by atoms with Gasteiger partial charge in [-0.1, -0.05) is 24.3 Å². The van der Waals surface area contributed by atoms with E-state index in [-0.39, 0.29) is 13.6 Å². The van der Waals surface area contributed by atoms with E-state index in [9.17, 15) is 9.59 Å². The third-order valence-electron chi connectivity index (χ3n) is 4.42. The van der Waals surface area contributed by atoms with Crippen LogP contribution in [0.2, 0.25) is 0 Å². The number of benzene rings is 2. The Labute approximate surface area is 200 Å². The number of hydrogen-bond donors (Lipinski definition) is 0. The fraction of sp³-hybridized carbons (Fsp3) is 0.385. The van der Waals surface area contributed by atoms with Crippen LogP contribution in [0.4, 0.5) is 0 Å². The van der Waals surface area contributed by atoms with Crippen LogP contribution in [0, 0.1) is 0 Å². The van der Waals surface area contributed by atoms with Crippen molar-refractivity contribution in [1.82, 2.24) is 0 Å². The van der Waals surface area contributed by atoms with Crippen LogP contribution >= 0.6 is 0 Å². The van der Waals surface area contributed by atoms with Gasteiger partial charge in [0.1, 0.15) is 23.0 Å². The molecule has 0 aliphatic carbocycles. The van der Waals surface area contributed by atoms with E-state index in [2.05, 4.69) is 0 Å². The van der Waals surface area contributed by atoms with Gasteiger partial charge in [0.15, 0.2) is 13.6 Å². The summed E-state index contributed by atoms with van der Waals surface area (Å²) in [6.45, 7) is 5.46. The van der Waals surface area contributed by atoms with Crippen LogP contribution in [0.15, 0.2) is 48.5 Å². The highest BCUT2D eigenvalue weighted by molar-refractivity contribution is 5.87. The third-order valence-corrected chi connectivity index (χ3v) is 4.42. The molecule has 1 unspecified atom stereocenters. The number of ether oxygens (including phenoxy) is 6. The van der Waals surface area contributed by atoms with E-state index in [4.69, 9.17) is 28.4 Å². The summed E-state index contributed by atoms with van der Waals surface area (Å²) in [7, 11) is 4.36. The summed E-state index contributed by atoms with van der Waals surface area (Å²) in [6.07, 6.45) is 2.99. The Morgan fingerprint density at radius 2 is 1.50 bits per heavy atom. The molecule has 184 valence electrons. The van der Waals surface area contributed by atoms with E-state index in [0.29, 0.717) is 22.6 Å². The number of hydrogen-bond acceptors (Lipinski definition) is 8. The molecule has 8 heteroatoms. The summed E-state index contributed by atoms with van der Waals surface area (Å²) in [5, 5.41) is 0. The largest absolute Gasteiger partial charge is 0.468 e. The van der Waals surface area contributed by atoms with Crippen molar-refractivity contribution in [2.45, 2.75) is 32.3 Å². The van der Waals surface area contributed by atoms with Crippen molar-refractivity contribution < 1.29 is 38.0 Å². The maximum absolute atomic E-state index is 12.9. The molecule has 0 radical (unpaired) electrons. The molecule has 0 aliphatic rings. The number of carbonyl (C=O) groups is 2. The van der Waals surface area contributed by atoms with Gasteiger partial charge in [0.2, 0.25) is 0 Å². The first kappa shape index (κ1) is 26.9. The first-order chi connectivity index (χ1) is 16.2. The van der Waals surface area contributed by atoms with Gasteiger partial charge in [-0.15, -0.1) is 0 Å². The fourth-order valence-corrected chi connectivity index (χ4v) is 3.11. The fourth-order valence-electron chi connectivity index (χ4n) is 3.11. The lowest BCUT2D eigenvalue weighted by atomic mass is 9.90. The lowest BCUT2D eigenvalue weighted by Crippen LogP contribution is -2.22. The summed E-state index contributed by atoms with van der Waals surface area (Å²) >= 11 is 0. The smallest absolute Gasteiger partial charge is 0.331 e. The van der Waals surface area contributed by atoms with Crippen molar-refractivity contribution in [2.24, 2.45) is 0 Å². The molecule has 1 atom stereocenters. The van der Waals surface area contributed by atoms with Crippen molar-refractivity contribution >= 4 is 18.0 Å². The van der Waals surface area contributed by atoms with Crippen LogP contribution in [0.25, 0.3) is 6.08 Å². The zero-order valence-corrected chi connectivity index (χ0v) is 20.5. The van der Waals surface area contributed by atoms with Crippen molar-refractivity contribution in [1.29, 1.82) is 0 Å². The normalized spacial score (nSPS) is 12.3. The highest BCUT2D eigenvalue weighted by Crippen LogP contribution is 2.33. The molecule has 0 N–H and O–H groups in total. The van der Waals surface area contributed by atoms with E-state index in [1.54, 1.807) is 57.2 Å². The van der Waals surface area contributed by atoms with Crippen LogP contribution in [0.3, 0.4) is 0 Å². The molecular formula is C26H32O8. The zero-order valence-electron chi connectivity index (χ0n) is 20.5. The topological polar surface area (TPSA) is 89.5 Å². The second kappa shape index (κ2) is 12.8. The van der Waals surface area contributed by atoms with Gasteiger partial charge >= 0.3 is 11.9 Å². The Morgan fingerprint density at radius 1 is 0.882 bits per heavy atom. The Kier molecular flexibility index (Phi) is 10.1. The third kappa shape index (κ3) is 8.53. The number of carbonyl (C=O) groups excluding carboxylic acids is 2. The van der Waals surface area contributed by atoms with Gasteiger partial charge in [-0.3, -0.25) is 4.79 Å². The minimum atomic E-state index is -0.768. The van der Waals surface area contributed by atoms with Gasteiger partial charge < -0.3 is 28.4 Å². The van der Waals surface area contributed by atoms with Gasteiger partial charge in [0, 0.05) is 26.4 Å². The molecule has 8 nitrogen and oxygen atoms in total. The molecule has 0 aromatic heterocycles. The average Bonchev–Trinajstić information content (AvgIpc) is 2.79. The monoisotopic (exact) mass is 472 g/mol.